The van der Waals surface area contributed by atoms with Crippen LogP contribution in [0.2, 0.25) is 0 Å². The van der Waals surface area contributed by atoms with Crippen LogP contribution >= 0.6 is 0 Å². The van der Waals surface area contributed by atoms with Gasteiger partial charge in [0.15, 0.2) is 0 Å². The summed E-state index contributed by atoms with van der Waals surface area (Å²) in [4.78, 5) is 10.9. The van der Waals surface area contributed by atoms with E-state index in [0.29, 0.717) is 12.4 Å². The van der Waals surface area contributed by atoms with Crippen molar-refractivity contribution in [3.63, 3.8) is 0 Å². The number of benzene rings is 8. The maximum absolute atomic E-state index is 5.50. The molecule has 0 unspecified atom stereocenters. The normalized spacial score (nSPS) is 14.6. The van der Waals surface area contributed by atoms with Gasteiger partial charge in [0.1, 0.15) is 0 Å². The standard InChI is InChI=1S/C49H33N5/c1-5-15-32(16-6-1)40-27-35-21-13-14-24-38(35)47-39(40)25-26-44-48(47)41-28-36-31-50-54(37-22-11-4-12-23-37)45(36)30-46(41)53(44)49-51-42(33-17-7-2-8-18-33)29-43(52-49)34-19-9-3-10-20-34/h1-28,30-31,42H,29H2/t42-/m1/s1. The van der Waals surface area contributed by atoms with Gasteiger partial charge in [-0.25, -0.2) is 14.7 Å². The molecule has 0 radical (unpaired) electrons. The molecule has 5 nitrogen and oxygen atoms in total. The molecule has 0 amide bonds. The largest absolute Gasteiger partial charge is 0.278 e. The Kier molecular flexibility index (Phi) is 6.92. The molecule has 10 aromatic rings. The highest BCUT2D eigenvalue weighted by Gasteiger charge is 2.26. The topological polar surface area (TPSA) is 47.5 Å². The van der Waals surface area contributed by atoms with Gasteiger partial charge in [-0.3, -0.25) is 4.57 Å². The smallest absolute Gasteiger partial charge is 0.230 e. The third-order valence-corrected chi connectivity index (χ3v) is 10.9. The maximum atomic E-state index is 5.50. The second-order valence-corrected chi connectivity index (χ2v) is 14.0. The SMILES string of the molecule is c1ccc(C2=NC(n3c4cc5c(cnn5-c5ccccc5)cc4c4c5c(ccc43)c(-c3ccccc3)cc3ccccc35)=N[C@@H](c3ccccc3)C2)cc1. The van der Waals surface area contributed by atoms with Crippen LogP contribution in [0, 0.1) is 0 Å². The van der Waals surface area contributed by atoms with Crippen LogP contribution < -0.4 is 0 Å². The van der Waals surface area contributed by atoms with Gasteiger partial charge >= 0.3 is 0 Å². The number of nitrogens with zero attached hydrogens (tertiary/aromatic N) is 5. The zero-order valence-corrected chi connectivity index (χ0v) is 29.3. The van der Waals surface area contributed by atoms with Gasteiger partial charge in [-0.2, -0.15) is 5.10 Å². The van der Waals surface area contributed by atoms with Crippen LogP contribution in [-0.2, 0) is 0 Å². The lowest BCUT2D eigenvalue weighted by molar-refractivity contribution is 0.745. The zero-order chi connectivity index (χ0) is 35.6. The molecule has 54 heavy (non-hydrogen) atoms. The van der Waals surface area contributed by atoms with Crippen molar-refractivity contribution in [3.05, 3.63) is 193 Å². The molecule has 254 valence electrons. The number of aromatic nitrogens is 3. The predicted molar refractivity (Wildman–Crippen MR) is 224 cm³/mol. The van der Waals surface area contributed by atoms with E-state index in [1.165, 1.54) is 43.6 Å². The Bertz CT molecular complexity index is 3100. The van der Waals surface area contributed by atoms with Crippen LogP contribution in [0.1, 0.15) is 23.6 Å². The Morgan fingerprint density at radius 1 is 0.500 bits per heavy atom. The van der Waals surface area contributed by atoms with Gasteiger partial charge in [-0.1, -0.05) is 140 Å². The van der Waals surface area contributed by atoms with E-state index in [2.05, 4.69) is 174 Å². The Hall–Kier alpha value is -7.11. The van der Waals surface area contributed by atoms with E-state index >= 15 is 0 Å². The van der Waals surface area contributed by atoms with E-state index in [9.17, 15) is 0 Å². The fourth-order valence-corrected chi connectivity index (χ4v) is 8.42. The second-order valence-electron chi connectivity index (χ2n) is 14.0. The highest BCUT2D eigenvalue weighted by molar-refractivity contribution is 6.32. The second kappa shape index (κ2) is 12.2. The van der Waals surface area contributed by atoms with Crippen molar-refractivity contribution in [1.29, 1.82) is 0 Å². The molecular formula is C49H33N5. The number of fused-ring (bicyclic) bond motifs is 8. The van der Waals surface area contributed by atoms with Crippen molar-refractivity contribution in [2.75, 3.05) is 0 Å². The van der Waals surface area contributed by atoms with Crippen LogP contribution in [0.4, 0.5) is 0 Å². The number of para-hydroxylation sites is 1. The molecule has 0 saturated heterocycles. The van der Waals surface area contributed by atoms with Crippen LogP contribution in [-0.4, -0.2) is 26.0 Å². The average Bonchev–Trinajstić information content (AvgIpc) is 3.82. The highest BCUT2D eigenvalue weighted by atomic mass is 15.3. The Balaban J connectivity index is 1.29. The first-order valence-electron chi connectivity index (χ1n) is 18.5. The molecular weight excluding hydrogens is 659 g/mol. The Morgan fingerprint density at radius 3 is 1.96 bits per heavy atom. The molecule has 11 rings (SSSR count). The van der Waals surface area contributed by atoms with E-state index < -0.39 is 0 Å². The van der Waals surface area contributed by atoms with Crippen LogP contribution in [0.5, 0.6) is 0 Å². The summed E-state index contributed by atoms with van der Waals surface area (Å²) in [7, 11) is 0. The summed E-state index contributed by atoms with van der Waals surface area (Å²) in [6, 6.07) is 62.4. The van der Waals surface area contributed by atoms with Crippen LogP contribution in [0.15, 0.2) is 192 Å². The molecule has 0 bridgehead atoms. The molecule has 0 spiro atoms. The molecule has 0 aliphatic carbocycles. The molecule has 3 heterocycles. The van der Waals surface area contributed by atoms with Crippen molar-refractivity contribution < 1.29 is 0 Å². The quantitative estimate of drug-likeness (QED) is 0.169. The van der Waals surface area contributed by atoms with E-state index in [4.69, 9.17) is 15.1 Å². The summed E-state index contributed by atoms with van der Waals surface area (Å²) in [5, 5.41) is 13.2. The fourth-order valence-electron chi connectivity index (χ4n) is 8.42. The maximum Gasteiger partial charge on any atom is 0.230 e. The lowest BCUT2D eigenvalue weighted by Gasteiger charge is -2.22. The third kappa shape index (κ3) is 4.82. The Labute approximate surface area is 311 Å². The molecule has 8 aromatic carbocycles. The molecule has 0 fully saturated rings. The highest BCUT2D eigenvalue weighted by Crippen LogP contribution is 2.44. The molecule has 0 N–H and O–H groups in total. The Morgan fingerprint density at radius 2 is 1.19 bits per heavy atom. The van der Waals surface area contributed by atoms with E-state index in [-0.39, 0.29) is 6.04 Å². The van der Waals surface area contributed by atoms with Gasteiger partial charge in [0.25, 0.3) is 0 Å². The first-order valence-corrected chi connectivity index (χ1v) is 18.5. The zero-order valence-electron chi connectivity index (χ0n) is 29.3. The van der Waals surface area contributed by atoms with Gasteiger partial charge in [-0.15, -0.1) is 0 Å². The third-order valence-electron chi connectivity index (χ3n) is 10.9. The minimum atomic E-state index is -0.0917. The summed E-state index contributed by atoms with van der Waals surface area (Å²) in [6.45, 7) is 0. The van der Waals surface area contributed by atoms with Crippen LogP contribution in [0.25, 0.3) is 71.1 Å². The van der Waals surface area contributed by atoms with Crippen molar-refractivity contribution in [3.8, 4) is 16.8 Å². The van der Waals surface area contributed by atoms with E-state index in [0.717, 1.165) is 44.3 Å². The molecule has 0 saturated carbocycles. The number of rotatable bonds is 4. The predicted octanol–water partition coefficient (Wildman–Crippen LogP) is 11.9. The van der Waals surface area contributed by atoms with Gasteiger partial charge in [0, 0.05) is 28.0 Å². The first kappa shape index (κ1) is 30.5. The molecule has 2 aromatic heterocycles. The first-order chi connectivity index (χ1) is 26.8. The van der Waals surface area contributed by atoms with Crippen molar-refractivity contribution in [2.24, 2.45) is 9.98 Å². The number of hydrogen-bond donors (Lipinski definition) is 0. The van der Waals surface area contributed by atoms with E-state index in [1.807, 2.05) is 16.9 Å². The van der Waals surface area contributed by atoms with E-state index in [1.54, 1.807) is 0 Å². The summed E-state index contributed by atoms with van der Waals surface area (Å²) < 4.78 is 4.33. The minimum Gasteiger partial charge on any atom is -0.278 e. The van der Waals surface area contributed by atoms with Gasteiger partial charge in [0.05, 0.1) is 40.2 Å². The van der Waals surface area contributed by atoms with Crippen molar-refractivity contribution in [2.45, 2.75) is 12.5 Å². The van der Waals surface area contributed by atoms with Crippen LogP contribution in [0.3, 0.4) is 0 Å². The lowest BCUT2D eigenvalue weighted by Crippen LogP contribution is -2.21. The number of aliphatic imine (C=N–C) groups is 2. The summed E-state index contributed by atoms with van der Waals surface area (Å²) in [5.74, 6) is 0.682. The monoisotopic (exact) mass is 691 g/mol. The van der Waals surface area contributed by atoms with Gasteiger partial charge < -0.3 is 0 Å². The average molecular weight is 692 g/mol. The fraction of sp³-hybridized carbons (Fsp3) is 0.0408. The van der Waals surface area contributed by atoms with Crippen molar-refractivity contribution in [1.82, 2.24) is 14.3 Å². The van der Waals surface area contributed by atoms with Gasteiger partial charge in [0.2, 0.25) is 5.96 Å². The summed E-state index contributed by atoms with van der Waals surface area (Å²) >= 11 is 0. The molecule has 1 aliphatic heterocycles. The molecule has 5 heteroatoms. The van der Waals surface area contributed by atoms with Crippen molar-refractivity contribution >= 4 is 65.9 Å². The molecule has 1 aliphatic rings. The minimum absolute atomic E-state index is 0.0917. The summed E-state index contributed by atoms with van der Waals surface area (Å²) in [6.07, 6.45) is 2.70. The van der Waals surface area contributed by atoms with Gasteiger partial charge in [-0.05, 0) is 74.8 Å². The molecule has 1 atom stereocenters. The lowest BCUT2D eigenvalue weighted by atomic mass is 9.91. The summed E-state index contributed by atoms with van der Waals surface area (Å²) in [5.41, 5.74) is 9.88. The number of hydrogen-bond acceptors (Lipinski definition) is 3.